The summed E-state index contributed by atoms with van der Waals surface area (Å²) in [6, 6.07) is 0. The summed E-state index contributed by atoms with van der Waals surface area (Å²) in [6.45, 7) is 4.88. The van der Waals surface area contributed by atoms with Crippen molar-refractivity contribution < 1.29 is 32.8 Å². The Morgan fingerprint density at radius 2 is 1.04 bits per heavy atom. The minimum Gasteiger partial charge on any atom is -0.457 e. The lowest BCUT2D eigenvalue weighted by Crippen LogP contribution is -2.28. The Hall–Kier alpha value is -1.02. The molecule has 0 aliphatic heterocycles. The van der Waals surface area contributed by atoms with Gasteiger partial charge in [0.15, 0.2) is 0 Å². The van der Waals surface area contributed by atoms with E-state index < -0.39 is 13.9 Å². The van der Waals surface area contributed by atoms with Gasteiger partial charge in [-0.3, -0.25) is 13.8 Å². The Balaban J connectivity index is 4.09. The number of carbonyl (C=O) groups is 1. The normalized spacial score (nSPS) is 13.8. The van der Waals surface area contributed by atoms with Crippen molar-refractivity contribution in [3.8, 4) is 0 Å². The minimum absolute atomic E-state index is 0.0972. The first-order valence-electron chi connectivity index (χ1n) is 19.8. The third-order valence-electron chi connectivity index (χ3n) is 8.34. The van der Waals surface area contributed by atoms with Gasteiger partial charge >= 0.3 is 13.8 Å². The summed E-state index contributed by atoms with van der Waals surface area (Å²) in [5.41, 5.74) is 5.35. The molecule has 0 bridgehead atoms. The second kappa shape index (κ2) is 37.2. The van der Waals surface area contributed by atoms with Gasteiger partial charge in [-0.1, -0.05) is 134 Å². The highest BCUT2D eigenvalue weighted by molar-refractivity contribution is 7.47. The first-order valence-corrected chi connectivity index (χ1v) is 21.3. The standard InChI is InChI=1S/C39H76NO7P/c1-3-5-7-9-11-13-15-17-19-20-22-24-26-28-30-32-39(41)47-38(37-46-48(42,43)45-35-33-40)36-44-34-31-29-27-25-23-21-18-16-14-12-10-8-6-4-2/h14,16-17,19,38H,3-13,15,18,20-37,40H2,1-2H3,(H,42,43)/b16-14-,19-17-. The molecule has 0 radical (unpaired) electrons. The van der Waals surface area contributed by atoms with E-state index >= 15 is 0 Å². The van der Waals surface area contributed by atoms with Gasteiger partial charge in [-0.2, -0.15) is 0 Å². The molecule has 0 saturated carbocycles. The van der Waals surface area contributed by atoms with Gasteiger partial charge in [0.2, 0.25) is 0 Å². The highest BCUT2D eigenvalue weighted by Gasteiger charge is 2.25. The van der Waals surface area contributed by atoms with Crippen molar-refractivity contribution in [1.82, 2.24) is 0 Å². The van der Waals surface area contributed by atoms with Crippen LogP contribution in [-0.2, 0) is 27.9 Å². The molecule has 0 saturated heterocycles. The predicted molar refractivity (Wildman–Crippen MR) is 201 cm³/mol. The van der Waals surface area contributed by atoms with Gasteiger partial charge < -0.3 is 20.1 Å². The van der Waals surface area contributed by atoms with Gasteiger partial charge in [0.25, 0.3) is 0 Å². The molecule has 2 atom stereocenters. The highest BCUT2D eigenvalue weighted by atomic mass is 31.2. The summed E-state index contributed by atoms with van der Waals surface area (Å²) in [5, 5.41) is 0. The molecule has 0 aromatic rings. The molecule has 48 heavy (non-hydrogen) atoms. The van der Waals surface area contributed by atoms with E-state index in [0.717, 1.165) is 44.9 Å². The summed E-state index contributed by atoms with van der Waals surface area (Å²) in [7, 11) is -4.27. The molecule has 0 aliphatic carbocycles. The summed E-state index contributed by atoms with van der Waals surface area (Å²) < 4.78 is 33.3. The Kier molecular flexibility index (Phi) is 36.4. The Labute approximate surface area is 296 Å². The van der Waals surface area contributed by atoms with Crippen LogP contribution in [0.3, 0.4) is 0 Å². The molecule has 0 amide bonds. The second-order valence-corrected chi connectivity index (χ2v) is 14.6. The second-order valence-electron chi connectivity index (χ2n) is 13.1. The van der Waals surface area contributed by atoms with Crippen LogP contribution in [0.2, 0.25) is 0 Å². The Bertz CT molecular complexity index is 792. The first-order chi connectivity index (χ1) is 23.4. The minimum atomic E-state index is -4.27. The van der Waals surface area contributed by atoms with Crippen molar-refractivity contribution >= 4 is 13.8 Å². The number of hydrogen-bond donors (Lipinski definition) is 2. The molecule has 0 fully saturated rings. The zero-order chi connectivity index (χ0) is 35.2. The van der Waals surface area contributed by atoms with E-state index in [1.54, 1.807) is 0 Å². The van der Waals surface area contributed by atoms with Crippen LogP contribution < -0.4 is 5.73 Å². The first kappa shape index (κ1) is 47.0. The molecular formula is C39H76NO7P. The lowest BCUT2D eigenvalue weighted by molar-refractivity contribution is -0.154. The molecule has 8 nitrogen and oxygen atoms in total. The largest absolute Gasteiger partial charge is 0.472 e. The maximum Gasteiger partial charge on any atom is 0.472 e. The third kappa shape index (κ3) is 36.3. The van der Waals surface area contributed by atoms with Crippen LogP contribution in [0.1, 0.15) is 181 Å². The molecule has 0 aromatic carbocycles. The van der Waals surface area contributed by atoms with Crippen LogP contribution in [-0.4, -0.2) is 49.9 Å². The lowest BCUT2D eigenvalue weighted by Gasteiger charge is -2.20. The smallest absolute Gasteiger partial charge is 0.457 e. The number of allylic oxidation sites excluding steroid dienone is 4. The molecule has 2 unspecified atom stereocenters. The zero-order valence-electron chi connectivity index (χ0n) is 31.2. The average molecular weight is 702 g/mol. The van der Waals surface area contributed by atoms with E-state index in [1.807, 2.05) is 0 Å². The molecule has 9 heteroatoms. The SMILES string of the molecule is CCCCCC/C=C\CCCCCCCCOCC(COP(=O)(O)OCCN)OC(=O)CCCCCCC/C=C\CCCCCCCC. The van der Waals surface area contributed by atoms with Gasteiger partial charge in [0, 0.05) is 19.6 Å². The van der Waals surface area contributed by atoms with Crippen molar-refractivity contribution in [3.05, 3.63) is 24.3 Å². The quantitative estimate of drug-likeness (QED) is 0.0283. The Morgan fingerprint density at radius 1 is 0.604 bits per heavy atom. The molecule has 284 valence electrons. The topological polar surface area (TPSA) is 117 Å². The molecule has 0 heterocycles. The number of phosphoric ester groups is 1. The number of phosphoric acid groups is 1. The third-order valence-corrected chi connectivity index (χ3v) is 9.33. The Morgan fingerprint density at radius 3 is 1.54 bits per heavy atom. The molecule has 0 aliphatic rings. The van der Waals surface area contributed by atoms with Gasteiger partial charge in [-0.25, -0.2) is 4.57 Å². The van der Waals surface area contributed by atoms with Crippen molar-refractivity contribution in [3.63, 3.8) is 0 Å². The number of rotatable bonds is 38. The van der Waals surface area contributed by atoms with E-state index in [9.17, 15) is 14.3 Å². The monoisotopic (exact) mass is 702 g/mol. The number of nitrogens with two attached hydrogens (primary N) is 1. The summed E-state index contributed by atoms with van der Waals surface area (Å²) in [5.74, 6) is -0.341. The van der Waals surface area contributed by atoms with Crippen LogP contribution in [0, 0.1) is 0 Å². The van der Waals surface area contributed by atoms with Crippen LogP contribution in [0.15, 0.2) is 24.3 Å². The average Bonchev–Trinajstić information content (AvgIpc) is 3.07. The molecule has 3 N–H and O–H groups in total. The van der Waals surface area contributed by atoms with Gasteiger partial charge in [-0.15, -0.1) is 0 Å². The number of hydrogen-bond acceptors (Lipinski definition) is 7. The van der Waals surface area contributed by atoms with Crippen molar-refractivity contribution in [2.24, 2.45) is 5.73 Å². The van der Waals surface area contributed by atoms with E-state index in [-0.39, 0.29) is 32.3 Å². The highest BCUT2D eigenvalue weighted by Crippen LogP contribution is 2.43. The predicted octanol–water partition coefficient (Wildman–Crippen LogP) is 11.3. The van der Waals surface area contributed by atoms with Gasteiger partial charge in [-0.05, 0) is 64.2 Å². The van der Waals surface area contributed by atoms with Crippen LogP contribution in [0.5, 0.6) is 0 Å². The molecule has 0 aromatic heterocycles. The van der Waals surface area contributed by atoms with E-state index in [2.05, 4.69) is 38.2 Å². The maximum absolute atomic E-state index is 12.5. The van der Waals surface area contributed by atoms with Gasteiger partial charge in [0.05, 0.1) is 19.8 Å². The van der Waals surface area contributed by atoms with E-state index in [4.69, 9.17) is 24.3 Å². The number of carbonyl (C=O) groups excluding carboxylic acids is 1. The maximum atomic E-state index is 12.5. The summed E-state index contributed by atoms with van der Waals surface area (Å²) in [4.78, 5) is 22.4. The fraction of sp³-hybridized carbons (Fsp3) is 0.872. The zero-order valence-corrected chi connectivity index (χ0v) is 32.1. The fourth-order valence-corrected chi connectivity index (χ4v) is 6.16. The van der Waals surface area contributed by atoms with Crippen LogP contribution in [0.4, 0.5) is 0 Å². The number of esters is 1. The molecule has 0 spiro atoms. The van der Waals surface area contributed by atoms with Crippen molar-refractivity contribution in [2.75, 3.05) is 33.0 Å². The van der Waals surface area contributed by atoms with E-state index in [0.29, 0.717) is 13.0 Å². The number of unbranched alkanes of at least 4 members (excludes halogenated alkanes) is 21. The number of ether oxygens (including phenoxy) is 2. The summed E-state index contributed by atoms with van der Waals surface area (Å²) >= 11 is 0. The van der Waals surface area contributed by atoms with Crippen LogP contribution >= 0.6 is 7.82 Å². The van der Waals surface area contributed by atoms with Crippen molar-refractivity contribution in [1.29, 1.82) is 0 Å². The lowest BCUT2D eigenvalue weighted by atomic mass is 10.1. The molecule has 0 rings (SSSR count). The van der Waals surface area contributed by atoms with Crippen LogP contribution in [0.25, 0.3) is 0 Å². The molecular weight excluding hydrogens is 625 g/mol. The van der Waals surface area contributed by atoms with Crippen molar-refractivity contribution in [2.45, 2.75) is 187 Å². The van der Waals surface area contributed by atoms with Gasteiger partial charge in [0.1, 0.15) is 6.10 Å². The summed E-state index contributed by atoms with van der Waals surface area (Å²) in [6.07, 6.45) is 39.0. The van der Waals surface area contributed by atoms with E-state index in [1.165, 1.54) is 116 Å². The fourth-order valence-electron chi connectivity index (χ4n) is 5.40.